The topological polar surface area (TPSA) is 55.9 Å². The van der Waals surface area contributed by atoms with E-state index in [0.29, 0.717) is 23.8 Å². The van der Waals surface area contributed by atoms with Crippen molar-refractivity contribution in [1.82, 2.24) is 10.2 Å². The summed E-state index contributed by atoms with van der Waals surface area (Å²) in [5, 5.41) is 3.86. The second-order valence-electron chi connectivity index (χ2n) is 7.06. The Balaban J connectivity index is 2.04. The van der Waals surface area contributed by atoms with Crippen molar-refractivity contribution in [3.8, 4) is 0 Å². The maximum atomic E-state index is 13.5. The highest BCUT2D eigenvalue weighted by Gasteiger charge is 2.28. The molecule has 6 nitrogen and oxygen atoms in total. The van der Waals surface area contributed by atoms with Crippen LogP contribution in [0.1, 0.15) is 0 Å². The van der Waals surface area contributed by atoms with Crippen LogP contribution in [0.25, 0.3) is 0 Å². The molecule has 0 atom stereocenters. The number of likely N-dealkylation sites (N-methyl/N-ethyl adjacent to an activating group) is 1. The molecule has 152 valence electrons. The summed E-state index contributed by atoms with van der Waals surface area (Å²) in [6, 6.07) is 14.1. The molecule has 1 N–H and O–H groups in total. The maximum Gasteiger partial charge on any atom is 0.264 e. The van der Waals surface area contributed by atoms with Crippen LogP contribution in [-0.2, 0) is 10.0 Å². The predicted molar refractivity (Wildman–Crippen MR) is 116 cm³/mol. The first-order chi connectivity index (χ1) is 13.4. The SMILES string of the molecule is CN(C)CCN(c1ccccc1N1CCNCC1)S(=O)(=O)c1ccc(Cl)cc1. The highest BCUT2D eigenvalue weighted by Crippen LogP contribution is 2.33. The van der Waals surface area contributed by atoms with Crippen molar-refractivity contribution < 1.29 is 8.42 Å². The number of nitrogens with zero attached hydrogens (tertiary/aromatic N) is 3. The molecule has 3 rings (SSSR count). The van der Waals surface area contributed by atoms with Crippen molar-refractivity contribution in [3.05, 3.63) is 53.6 Å². The van der Waals surface area contributed by atoms with E-state index < -0.39 is 10.0 Å². The zero-order valence-corrected chi connectivity index (χ0v) is 17.9. The molecule has 0 radical (unpaired) electrons. The highest BCUT2D eigenvalue weighted by molar-refractivity contribution is 7.92. The summed E-state index contributed by atoms with van der Waals surface area (Å²) >= 11 is 5.96. The van der Waals surface area contributed by atoms with Crippen molar-refractivity contribution >= 4 is 33.0 Å². The summed E-state index contributed by atoms with van der Waals surface area (Å²) in [4.78, 5) is 4.47. The monoisotopic (exact) mass is 422 g/mol. The van der Waals surface area contributed by atoms with Gasteiger partial charge in [-0.1, -0.05) is 23.7 Å². The van der Waals surface area contributed by atoms with Crippen molar-refractivity contribution in [3.63, 3.8) is 0 Å². The first-order valence-corrected chi connectivity index (χ1v) is 11.2. The molecule has 1 aliphatic heterocycles. The van der Waals surface area contributed by atoms with E-state index in [1.54, 1.807) is 24.3 Å². The van der Waals surface area contributed by atoms with E-state index in [0.717, 1.165) is 31.9 Å². The van der Waals surface area contributed by atoms with Crippen molar-refractivity contribution in [2.75, 3.05) is 62.6 Å². The first-order valence-electron chi connectivity index (χ1n) is 9.37. The number of hydrogen-bond donors (Lipinski definition) is 1. The quantitative estimate of drug-likeness (QED) is 0.743. The van der Waals surface area contributed by atoms with Gasteiger partial charge in [0.2, 0.25) is 0 Å². The Hall–Kier alpha value is -1.80. The van der Waals surface area contributed by atoms with Crippen molar-refractivity contribution in [2.45, 2.75) is 4.90 Å². The lowest BCUT2D eigenvalue weighted by Crippen LogP contribution is -2.45. The van der Waals surface area contributed by atoms with Gasteiger partial charge < -0.3 is 15.1 Å². The Bertz CT molecular complexity index is 881. The van der Waals surface area contributed by atoms with Gasteiger partial charge in [-0.05, 0) is 50.5 Å². The van der Waals surface area contributed by atoms with Gasteiger partial charge in [0.05, 0.1) is 16.3 Å². The zero-order chi connectivity index (χ0) is 20.1. The molecule has 8 heteroatoms. The fourth-order valence-electron chi connectivity index (χ4n) is 3.24. The van der Waals surface area contributed by atoms with Gasteiger partial charge in [0.25, 0.3) is 10.0 Å². The van der Waals surface area contributed by atoms with Crippen LogP contribution in [0.2, 0.25) is 5.02 Å². The van der Waals surface area contributed by atoms with Crippen LogP contribution in [0.5, 0.6) is 0 Å². The third kappa shape index (κ3) is 4.78. The van der Waals surface area contributed by atoms with E-state index in [2.05, 4.69) is 10.2 Å². The van der Waals surface area contributed by atoms with Crippen LogP contribution in [0.4, 0.5) is 11.4 Å². The Morgan fingerprint density at radius 1 is 1.00 bits per heavy atom. The van der Waals surface area contributed by atoms with Gasteiger partial charge in [-0.25, -0.2) is 8.42 Å². The number of piperazine rings is 1. The van der Waals surface area contributed by atoms with Gasteiger partial charge in [-0.2, -0.15) is 0 Å². The molecule has 0 bridgehead atoms. The van der Waals surface area contributed by atoms with Gasteiger partial charge in [-0.15, -0.1) is 0 Å². The Morgan fingerprint density at radius 3 is 2.29 bits per heavy atom. The Labute approximate surface area is 172 Å². The largest absolute Gasteiger partial charge is 0.367 e. The van der Waals surface area contributed by atoms with Gasteiger partial charge in [0, 0.05) is 44.3 Å². The van der Waals surface area contributed by atoms with Gasteiger partial charge in [0.1, 0.15) is 0 Å². The molecule has 0 saturated carbocycles. The van der Waals surface area contributed by atoms with E-state index in [-0.39, 0.29) is 4.90 Å². The van der Waals surface area contributed by atoms with Crippen LogP contribution in [0, 0.1) is 0 Å². The van der Waals surface area contributed by atoms with Crippen LogP contribution < -0.4 is 14.5 Å². The normalized spacial score (nSPS) is 15.1. The summed E-state index contributed by atoms with van der Waals surface area (Å²) < 4.78 is 28.6. The molecule has 1 heterocycles. The van der Waals surface area contributed by atoms with Crippen molar-refractivity contribution in [1.29, 1.82) is 0 Å². The number of halogens is 1. The summed E-state index contributed by atoms with van der Waals surface area (Å²) in [5.41, 5.74) is 1.65. The van der Waals surface area contributed by atoms with Crippen LogP contribution >= 0.6 is 11.6 Å². The molecule has 1 aliphatic rings. The summed E-state index contributed by atoms with van der Waals surface area (Å²) in [7, 11) is 0.158. The third-order valence-electron chi connectivity index (χ3n) is 4.76. The van der Waals surface area contributed by atoms with Gasteiger partial charge in [0.15, 0.2) is 0 Å². The third-order valence-corrected chi connectivity index (χ3v) is 6.84. The number of rotatable bonds is 7. The van der Waals surface area contributed by atoms with Crippen LogP contribution in [-0.4, -0.2) is 66.7 Å². The molecular weight excluding hydrogens is 396 g/mol. The molecule has 2 aromatic carbocycles. The summed E-state index contributed by atoms with van der Waals surface area (Å²) in [6.45, 7) is 4.44. The average Bonchev–Trinajstić information content (AvgIpc) is 2.69. The number of nitrogens with one attached hydrogen (secondary N) is 1. The minimum atomic E-state index is -3.72. The second kappa shape index (κ2) is 9.13. The molecule has 0 aliphatic carbocycles. The number of sulfonamides is 1. The standard InChI is InChI=1S/C20H27ClN4O2S/c1-23(2)15-16-25(28(26,27)18-9-7-17(21)8-10-18)20-6-4-3-5-19(20)24-13-11-22-12-14-24/h3-10,22H,11-16H2,1-2H3. The minimum Gasteiger partial charge on any atom is -0.367 e. The average molecular weight is 423 g/mol. The van der Waals surface area contributed by atoms with Crippen LogP contribution in [0.15, 0.2) is 53.4 Å². The molecule has 0 amide bonds. The maximum absolute atomic E-state index is 13.5. The molecule has 0 unspecified atom stereocenters. The molecule has 0 spiro atoms. The van der Waals surface area contributed by atoms with Gasteiger partial charge >= 0.3 is 0 Å². The van der Waals surface area contributed by atoms with E-state index in [9.17, 15) is 8.42 Å². The highest BCUT2D eigenvalue weighted by atomic mass is 35.5. The molecule has 28 heavy (non-hydrogen) atoms. The molecule has 0 aromatic heterocycles. The lowest BCUT2D eigenvalue weighted by Gasteiger charge is -2.34. The second-order valence-corrected chi connectivity index (χ2v) is 9.36. The molecule has 2 aromatic rings. The van der Waals surface area contributed by atoms with E-state index in [1.165, 1.54) is 4.31 Å². The Morgan fingerprint density at radius 2 is 1.64 bits per heavy atom. The van der Waals surface area contributed by atoms with E-state index >= 15 is 0 Å². The van der Waals surface area contributed by atoms with E-state index in [1.807, 2.05) is 43.3 Å². The smallest absolute Gasteiger partial charge is 0.264 e. The van der Waals surface area contributed by atoms with Gasteiger partial charge in [-0.3, -0.25) is 4.31 Å². The lowest BCUT2D eigenvalue weighted by atomic mass is 10.2. The lowest BCUT2D eigenvalue weighted by molar-refractivity contribution is 0.419. The van der Waals surface area contributed by atoms with E-state index in [4.69, 9.17) is 11.6 Å². The molecule has 1 saturated heterocycles. The zero-order valence-electron chi connectivity index (χ0n) is 16.3. The number of hydrogen-bond acceptors (Lipinski definition) is 5. The summed E-state index contributed by atoms with van der Waals surface area (Å²) in [6.07, 6.45) is 0. The predicted octanol–water partition coefficient (Wildman–Crippen LogP) is 2.51. The number of anilines is 2. The molecule has 1 fully saturated rings. The fourth-order valence-corrected chi connectivity index (χ4v) is 4.84. The Kier molecular flexibility index (Phi) is 6.82. The number of benzene rings is 2. The van der Waals surface area contributed by atoms with Crippen LogP contribution in [0.3, 0.4) is 0 Å². The molecular formula is C20H27ClN4O2S. The first kappa shape index (κ1) is 20.9. The number of para-hydroxylation sites is 2. The fraction of sp³-hybridized carbons (Fsp3) is 0.400. The summed E-state index contributed by atoms with van der Waals surface area (Å²) in [5.74, 6) is 0. The minimum absolute atomic E-state index is 0.241. The van der Waals surface area contributed by atoms with Crippen molar-refractivity contribution in [2.24, 2.45) is 0 Å².